The molecule has 3 aromatic carbocycles. The van der Waals surface area contributed by atoms with Crippen LogP contribution < -0.4 is 10.1 Å². The van der Waals surface area contributed by atoms with Crippen molar-refractivity contribution in [2.45, 2.75) is 73.8 Å². The lowest BCUT2D eigenvalue weighted by Gasteiger charge is -2.35. The minimum atomic E-state index is 0.539. The average Bonchev–Trinajstić information content (AvgIpc) is 3.56. The summed E-state index contributed by atoms with van der Waals surface area (Å²) in [5, 5.41) is 5.24. The summed E-state index contributed by atoms with van der Waals surface area (Å²) in [5.74, 6) is 0.819. The zero-order valence-electron chi connectivity index (χ0n) is 37.0. The van der Waals surface area contributed by atoms with Crippen LogP contribution >= 0.6 is 11.6 Å². The zero-order chi connectivity index (χ0) is 43.0. The molecule has 0 radical (unpaired) electrons. The number of para-hydroxylation sites is 1. The first-order chi connectivity index (χ1) is 29.1. The van der Waals surface area contributed by atoms with Gasteiger partial charge in [0.25, 0.3) is 0 Å². The van der Waals surface area contributed by atoms with Crippen molar-refractivity contribution in [3.05, 3.63) is 98.2 Å². The van der Waals surface area contributed by atoms with Gasteiger partial charge >= 0.3 is 0 Å². The number of aryl methyl sites for hydroxylation is 3. The third-order valence-corrected chi connectivity index (χ3v) is 12.2. The topological polar surface area (TPSA) is 97.6 Å². The predicted octanol–water partition coefficient (Wildman–Crippen LogP) is 9.28. The summed E-state index contributed by atoms with van der Waals surface area (Å²) in [6.45, 7) is 22.6. The molecule has 0 unspecified atom stereocenters. The van der Waals surface area contributed by atoms with E-state index in [4.69, 9.17) is 30.8 Å². The van der Waals surface area contributed by atoms with Gasteiger partial charge in [-0.1, -0.05) is 54.4 Å². The molecular weight excluding hydrogens is 774 g/mol. The number of hydrogen-bond donors (Lipinski definition) is 1. The molecule has 4 aromatic rings. The summed E-state index contributed by atoms with van der Waals surface area (Å²) in [7, 11) is 1.87. The number of carbonyl (C=O) groups is 2. The van der Waals surface area contributed by atoms with Gasteiger partial charge in [0.2, 0.25) is 0 Å². The van der Waals surface area contributed by atoms with E-state index in [2.05, 4.69) is 58.7 Å². The third-order valence-electron chi connectivity index (χ3n) is 11.6. The van der Waals surface area contributed by atoms with Crippen LogP contribution in [0, 0.1) is 20.8 Å². The van der Waals surface area contributed by atoms with Gasteiger partial charge in [0.05, 0.1) is 37.6 Å². The monoisotopic (exact) mass is 839 g/mol. The molecule has 1 aliphatic rings. The van der Waals surface area contributed by atoms with Crippen LogP contribution in [0.25, 0.3) is 16.5 Å². The molecule has 0 bridgehead atoms. The highest BCUT2D eigenvalue weighted by Crippen LogP contribution is 2.35. The van der Waals surface area contributed by atoms with E-state index in [0.717, 1.165) is 156 Å². The smallest absolute Gasteiger partial charge is 0.166 e. The Labute approximate surface area is 362 Å². The van der Waals surface area contributed by atoms with E-state index in [1.54, 1.807) is 0 Å². The second-order valence-electron chi connectivity index (χ2n) is 15.9. The molecule has 0 aliphatic carbocycles. The molecule has 0 spiro atoms. The van der Waals surface area contributed by atoms with Crippen molar-refractivity contribution in [3.63, 3.8) is 0 Å². The number of nitrogens with one attached hydrogen (secondary N) is 1. The number of nitrogens with zero attached hydrogens (tertiary/aromatic N) is 4. The summed E-state index contributed by atoms with van der Waals surface area (Å²) >= 11 is 6.40. The van der Waals surface area contributed by atoms with Gasteiger partial charge in [0.1, 0.15) is 12.0 Å². The number of anilines is 1. The Balaban J connectivity index is 1.14. The summed E-state index contributed by atoms with van der Waals surface area (Å²) in [6, 6.07) is 16.2. The molecule has 5 rings (SSSR count). The lowest BCUT2D eigenvalue weighted by atomic mass is 9.93. The van der Waals surface area contributed by atoms with Crippen molar-refractivity contribution >= 4 is 52.0 Å². The van der Waals surface area contributed by atoms with E-state index in [0.29, 0.717) is 45.1 Å². The van der Waals surface area contributed by atoms with Gasteiger partial charge in [0, 0.05) is 105 Å². The van der Waals surface area contributed by atoms with Crippen LogP contribution in [-0.2, 0) is 22.4 Å². The molecule has 10 nitrogen and oxygen atoms in total. The number of aldehydes is 2. The quantitative estimate of drug-likeness (QED) is 0.0424. The Kier molecular flexibility index (Phi) is 18.4. The Bertz CT molecular complexity index is 2090. The molecule has 11 heteroatoms. The van der Waals surface area contributed by atoms with Crippen molar-refractivity contribution in [1.82, 2.24) is 14.4 Å². The number of aromatic nitrogens is 1. The number of allylic oxidation sites excluding steroid dienone is 2. The average molecular weight is 841 g/mol. The van der Waals surface area contributed by atoms with Gasteiger partial charge in [-0.3, -0.25) is 19.5 Å². The van der Waals surface area contributed by atoms with Gasteiger partial charge < -0.3 is 29.0 Å². The summed E-state index contributed by atoms with van der Waals surface area (Å²) in [5.41, 5.74) is 12.2. The molecule has 1 saturated heterocycles. The van der Waals surface area contributed by atoms with Crippen LogP contribution in [0.15, 0.2) is 59.1 Å². The van der Waals surface area contributed by atoms with E-state index < -0.39 is 0 Å². The Morgan fingerprint density at radius 1 is 0.833 bits per heavy atom. The number of aliphatic imine (C=N–C) groups is 1. The Morgan fingerprint density at radius 3 is 2.17 bits per heavy atom. The van der Waals surface area contributed by atoms with Crippen LogP contribution in [0.1, 0.15) is 88.7 Å². The molecule has 324 valence electrons. The van der Waals surface area contributed by atoms with Gasteiger partial charge in [-0.05, 0) is 101 Å². The number of rotatable bonds is 24. The van der Waals surface area contributed by atoms with Crippen LogP contribution in [0.2, 0.25) is 5.02 Å². The number of fused-ring (bicyclic) bond motifs is 1. The van der Waals surface area contributed by atoms with Gasteiger partial charge in [-0.2, -0.15) is 0 Å². The van der Waals surface area contributed by atoms with Crippen LogP contribution in [0.5, 0.6) is 5.75 Å². The molecular formula is C49H66ClN5O5. The van der Waals surface area contributed by atoms with Crippen molar-refractivity contribution in [2.75, 3.05) is 91.2 Å². The van der Waals surface area contributed by atoms with Crippen LogP contribution in [0.4, 0.5) is 5.69 Å². The first kappa shape index (κ1) is 46.7. The van der Waals surface area contributed by atoms with E-state index in [9.17, 15) is 9.59 Å². The molecule has 1 fully saturated rings. The molecule has 60 heavy (non-hydrogen) atoms. The predicted molar refractivity (Wildman–Crippen MR) is 248 cm³/mol. The molecule has 0 amide bonds. The maximum absolute atomic E-state index is 13.1. The minimum absolute atomic E-state index is 0.539. The van der Waals surface area contributed by atoms with Crippen LogP contribution in [-0.4, -0.2) is 119 Å². The fraction of sp³-hybridized carbons (Fsp3) is 0.490. The van der Waals surface area contributed by atoms with Crippen molar-refractivity contribution in [2.24, 2.45) is 4.99 Å². The van der Waals surface area contributed by atoms with E-state index in [-0.39, 0.29) is 0 Å². The van der Waals surface area contributed by atoms with E-state index >= 15 is 0 Å². The fourth-order valence-electron chi connectivity index (χ4n) is 8.34. The lowest BCUT2D eigenvalue weighted by molar-refractivity contribution is 0.0451. The molecule has 2 heterocycles. The standard InChI is InChI=1S/C49H66ClN5O5/c1-8-44(51-7)47(35(2)3)43-15-10-14-42-41(16-11-27-60-40-31-36(4)48(50)37(5)32-40)46(34-57)55(49(42)43)25-24-54-22-20-53(21-23-54)19-12-26-58-29-30-59-28-18-52-45-17-9-13-39(33-56)38(45)6/h9-10,13-15,17,31-34,52H,8,11-12,16,18-30H2,1-7H3. The maximum atomic E-state index is 13.1. The maximum Gasteiger partial charge on any atom is 0.166 e. The third kappa shape index (κ3) is 12.2. The van der Waals surface area contributed by atoms with Crippen molar-refractivity contribution in [3.8, 4) is 5.75 Å². The molecule has 0 atom stereocenters. The number of ether oxygens (including phenoxy) is 3. The fourth-order valence-corrected chi connectivity index (χ4v) is 8.45. The zero-order valence-corrected chi connectivity index (χ0v) is 37.8. The summed E-state index contributed by atoms with van der Waals surface area (Å²) < 4.78 is 20.1. The number of carbonyl (C=O) groups excluding carboxylic acids is 2. The second kappa shape index (κ2) is 23.6. The van der Waals surface area contributed by atoms with Crippen LogP contribution in [0.3, 0.4) is 0 Å². The van der Waals surface area contributed by atoms with Gasteiger partial charge in [-0.25, -0.2) is 0 Å². The normalized spacial score (nSPS) is 13.8. The highest BCUT2D eigenvalue weighted by atomic mass is 35.5. The molecule has 0 saturated carbocycles. The Hall–Kier alpha value is -4.32. The first-order valence-corrected chi connectivity index (χ1v) is 22.0. The van der Waals surface area contributed by atoms with E-state index in [1.165, 1.54) is 5.57 Å². The molecule has 1 N–H and O–H groups in total. The van der Waals surface area contributed by atoms with Crippen molar-refractivity contribution < 1.29 is 23.8 Å². The highest BCUT2D eigenvalue weighted by Gasteiger charge is 2.24. The molecule has 1 aromatic heterocycles. The second-order valence-corrected chi connectivity index (χ2v) is 16.3. The van der Waals surface area contributed by atoms with Crippen molar-refractivity contribution in [1.29, 1.82) is 0 Å². The van der Waals surface area contributed by atoms with Gasteiger partial charge in [0.15, 0.2) is 6.29 Å². The summed E-state index contributed by atoms with van der Waals surface area (Å²) in [6.07, 6.45) is 5.25. The lowest BCUT2D eigenvalue weighted by Crippen LogP contribution is -2.47. The summed E-state index contributed by atoms with van der Waals surface area (Å²) in [4.78, 5) is 34.0. The highest BCUT2D eigenvalue weighted by molar-refractivity contribution is 6.32. The number of piperazine rings is 1. The SMILES string of the molecule is CCC(=NC)C(=C(C)C)c1cccc2c(CCCOc3cc(C)c(Cl)c(C)c3)c(C=O)n(CCN3CCN(CCCOCCOCCNc4cccc(C=O)c4C)CC3)c12. The number of benzene rings is 3. The van der Waals surface area contributed by atoms with E-state index in [1.807, 2.05) is 58.2 Å². The minimum Gasteiger partial charge on any atom is -0.494 e. The first-order valence-electron chi connectivity index (χ1n) is 21.6. The number of hydrogen-bond acceptors (Lipinski definition) is 9. The molecule has 1 aliphatic heterocycles. The largest absolute Gasteiger partial charge is 0.494 e. The Morgan fingerprint density at radius 2 is 1.52 bits per heavy atom. The van der Waals surface area contributed by atoms with Gasteiger partial charge in [-0.15, -0.1) is 0 Å². The number of halogens is 1.